The van der Waals surface area contributed by atoms with Gasteiger partial charge < -0.3 is 11.1 Å². The molecule has 0 radical (unpaired) electrons. The molecule has 1 aliphatic carbocycles. The lowest BCUT2D eigenvalue weighted by atomic mass is 9.84. The van der Waals surface area contributed by atoms with Gasteiger partial charge in [-0.05, 0) is 24.5 Å². The van der Waals surface area contributed by atoms with Crippen LogP contribution in [0.4, 0.5) is 0 Å². The molecule has 1 aromatic rings. The van der Waals surface area contributed by atoms with Crippen molar-refractivity contribution in [2.24, 2.45) is 11.1 Å². The average Bonchev–Trinajstić information content (AvgIpc) is 3.17. The van der Waals surface area contributed by atoms with Crippen LogP contribution >= 0.6 is 15.9 Å². The molecule has 1 saturated carbocycles. The Balaban J connectivity index is 2.02. The number of amides is 1. The van der Waals surface area contributed by atoms with Crippen molar-refractivity contribution in [3.8, 4) is 0 Å². The minimum Gasteiger partial charge on any atom is -0.355 e. The van der Waals surface area contributed by atoms with Crippen LogP contribution in [-0.2, 0) is 10.2 Å². The second-order valence-electron chi connectivity index (χ2n) is 6.03. The minimum absolute atomic E-state index is 0.107. The van der Waals surface area contributed by atoms with Crippen LogP contribution in [0.5, 0.6) is 0 Å². The van der Waals surface area contributed by atoms with Crippen LogP contribution in [0.2, 0.25) is 0 Å². The van der Waals surface area contributed by atoms with Gasteiger partial charge in [-0.2, -0.15) is 0 Å². The molecule has 0 bridgehead atoms. The molecular formula is C15H21BrN2O. The van der Waals surface area contributed by atoms with Gasteiger partial charge in [0.25, 0.3) is 0 Å². The van der Waals surface area contributed by atoms with Crippen LogP contribution < -0.4 is 11.1 Å². The molecule has 0 unspecified atom stereocenters. The topological polar surface area (TPSA) is 55.1 Å². The molecule has 0 aromatic heterocycles. The van der Waals surface area contributed by atoms with E-state index in [2.05, 4.69) is 41.2 Å². The molecule has 0 aliphatic heterocycles. The van der Waals surface area contributed by atoms with Crippen molar-refractivity contribution in [1.29, 1.82) is 0 Å². The minimum atomic E-state index is -0.274. The summed E-state index contributed by atoms with van der Waals surface area (Å²) < 4.78 is 1.08. The fraction of sp³-hybridized carbons (Fsp3) is 0.533. The Hall–Kier alpha value is -0.870. The molecule has 1 aromatic carbocycles. The molecule has 1 aliphatic rings. The molecular weight excluding hydrogens is 304 g/mol. The van der Waals surface area contributed by atoms with Gasteiger partial charge in [-0.3, -0.25) is 4.79 Å². The van der Waals surface area contributed by atoms with E-state index in [0.717, 1.165) is 17.3 Å². The van der Waals surface area contributed by atoms with Crippen molar-refractivity contribution in [2.45, 2.75) is 32.1 Å². The standard InChI is InChI=1S/C15H21BrN2O/c1-14(2,11-5-3-4-6-12(11)16)10-18-13(19)15(9-17)7-8-15/h3-6H,7-10,17H2,1-2H3,(H,18,19). The van der Waals surface area contributed by atoms with Crippen molar-refractivity contribution < 1.29 is 4.79 Å². The molecule has 1 amide bonds. The van der Waals surface area contributed by atoms with Crippen molar-refractivity contribution >= 4 is 21.8 Å². The smallest absolute Gasteiger partial charge is 0.227 e. The quantitative estimate of drug-likeness (QED) is 0.874. The highest BCUT2D eigenvalue weighted by Crippen LogP contribution is 2.44. The number of carbonyl (C=O) groups excluding carboxylic acids is 1. The van der Waals surface area contributed by atoms with E-state index in [-0.39, 0.29) is 16.7 Å². The van der Waals surface area contributed by atoms with E-state index in [1.54, 1.807) is 0 Å². The molecule has 0 saturated heterocycles. The first-order valence-electron chi connectivity index (χ1n) is 6.65. The zero-order valence-electron chi connectivity index (χ0n) is 11.5. The molecule has 19 heavy (non-hydrogen) atoms. The summed E-state index contributed by atoms with van der Waals surface area (Å²) in [5, 5.41) is 3.06. The van der Waals surface area contributed by atoms with E-state index in [4.69, 9.17) is 5.73 Å². The second kappa shape index (κ2) is 5.25. The summed E-state index contributed by atoms with van der Waals surface area (Å²) in [4.78, 5) is 12.1. The summed E-state index contributed by atoms with van der Waals surface area (Å²) in [6.07, 6.45) is 1.84. The van der Waals surface area contributed by atoms with Gasteiger partial charge in [0.1, 0.15) is 0 Å². The normalized spacial score (nSPS) is 17.1. The lowest BCUT2D eigenvalue weighted by molar-refractivity contribution is -0.126. The Bertz CT molecular complexity index is 481. The number of carbonyl (C=O) groups is 1. The van der Waals surface area contributed by atoms with Gasteiger partial charge in [-0.15, -0.1) is 0 Å². The van der Waals surface area contributed by atoms with Crippen LogP contribution in [-0.4, -0.2) is 19.0 Å². The average molecular weight is 325 g/mol. The van der Waals surface area contributed by atoms with Gasteiger partial charge in [-0.25, -0.2) is 0 Å². The Morgan fingerprint density at radius 1 is 1.42 bits per heavy atom. The Morgan fingerprint density at radius 2 is 2.05 bits per heavy atom. The maximum Gasteiger partial charge on any atom is 0.227 e. The summed E-state index contributed by atoms with van der Waals surface area (Å²) in [5.74, 6) is 0.107. The highest BCUT2D eigenvalue weighted by Gasteiger charge is 2.48. The summed E-state index contributed by atoms with van der Waals surface area (Å²) in [5.41, 5.74) is 6.49. The number of halogens is 1. The molecule has 3 nitrogen and oxygen atoms in total. The first kappa shape index (κ1) is 14.5. The number of nitrogens with one attached hydrogen (secondary N) is 1. The van der Waals surface area contributed by atoms with Gasteiger partial charge in [0.2, 0.25) is 5.91 Å². The maximum atomic E-state index is 12.1. The fourth-order valence-electron chi connectivity index (χ4n) is 2.27. The predicted octanol–water partition coefficient (Wildman–Crippen LogP) is 2.58. The number of hydrogen-bond donors (Lipinski definition) is 2. The summed E-state index contributed by atoms with van der Waals surface area (Å²) in [6, 6.07) is 8.13. The van der Waals surface area contributed by atoms with Crippen LogP contribution in [0.1, 0.15) is 32.3 Å². The number of rotatable bonds is 5. The van der Waals surface area contributed by atoms with Crippen LogP contribution in [0.3, 0.4) is 0 Å². The summed E-state index contributed by atoms with van der Waals surface area (Å²) in [7, 11) is 0. The Morgan fingerprint density at radius 3 is 2.58 bits per heavy atom. The highest BCUT2D eigenvalue weighted by atomic mass is 79.9. The summed E-state index contributed by atoms with van der Waals surface area (Å²) in [6.45, 7) is 5.34. The molecule has 0 heterocycles. The van der Waals surface area contributed by atoms with Crippen LogP contribution in [0, 0.1) is 5.41 Å². The molecule has 1 fully saturated rings. The molecule has 104 valence electrons. The zero-order valence-corrected chi connectivity index (χ0v) is 13.1. The van der Waals surface area contributed by atoms with E-state index in [1.807, 2.05) is 18.2 Å². The third kappa shape index (κ3) is 3.00. The van der Waals surface area contributed by atoms with Crippen molar-refractivity contribution in [3.05, 3.63) is 34.3 Å². The lowest BCUT2D eigenvalue weighted by Crippen LogP contribution is -2.42. The van der Waals surface area contributed by atoms with E-state index in [0.29, 0.717) is 13.1 Å². The van der Waals surface area contributed by atoms with Gasteiger partial charge in [0.05, 0.1) is 5.41 Å². The van der Waals surface area contributed by atoms with E-state index < -0.39 is 0 Å². The van der Waals surface area contributed by atoms with Crippen molar-refractivity contribution in [1.82, 2.24) is 5.32 Å². The van der Waals surface area contributed by atoms with E-state index >= 15 is 0 Å². The van der Waals surface area contributed by atoms with Crippen LogP contribution in [0.15, 0.2) is 28.7 Å². The lowest BCUT2D eigenvalue weighted by Gasteiger charge is -2.28. The SMILES string of the molecule is CC(C)(CNC(=O)C1(CN)CC1)c1ccccc1Br. The maximum absolute atomic E-state index is 12.1. The number of hydrogen-bond acceptors (Lipinski definition) is 2. The highest BCUT2D eigenvalue weighted by molar-refractivity contribution is 9.10. The Labute approximate surface area is 123 Å². The van der Waals surface area contributed by atoms with Gasteiger partial charge in [0, 0.05) is 23.0 Å². The van der Waals surface area contributed by atoms with Crippen molar-refractivity contribution in [2.75, 3.05) is 13.1 Å². The largest absolute Gasteiger partial charge is 0.355 e. The van der Waals surface area contributed by atoms with E-state index in [1.165, 1.54) is 5.56 Å². The van der Waals surface area contributed by atoms with Gasteiger partial charge >= 0.3 is 0 Å². The molecule has 2 rings (SSSR count). The first-order chi connectivity index (χ1) is 8.91. The van der Waals surface area contributed by atoms with Gasteiger partial charge in [-0.1, -0.05) is 48.0 Å². The molecule has 3 N–H and O–H groups in total. The molecule has 4 heteroatoms. The van der Waals surface area contributed by atoms with Gasteiger partial charge in [0.15, 0.2) is 0 Å². The fourth-order valence-corrected chi connectivity index (χ4v) is 3.09. The number of nitrogens with two attached hydrogens (primary N) is 1. The van der Waals surface area contributed by atoms with Crippen molar-refractivity contribution in [3.63, 3.8) is 0 Å². The third-order valence-corrected chi connectivity index (χ3v) is 4.71. The summed E-state index contributed by atoms with van der Waals surface area (Å²) >= 11 is 3.57. The monoisotopic (exact) mass is 324 g/mol. The molecule has 0 atom stereocenters. The second-order valence-corrected chi connectivity index (χ2v) is 6.89. The molecule has 0 spiro atoms. The predicted molar refractivity (Wildman–Crippen MR) is 80.9 cm³/mol. The number of benzene rings is 1. The third-order valence-electron chi connectivity index (χ3n) is 4.02. The van der Waals surface area contributed by atoms with E-state index in [9.17, 15) is 4.79 Å². The van der Waals surface area contributed by atoms with Crippen LogP contribution in [0.25, 0.3) is 0 Å². The first-order valence-corrected chi connectivity index (χ1v) is 7.44. The zero-order chi connectivity index (χ0) is 14.1. The Kier molecular flexibility index (Phi) is 4.02.